The molecule has 2 aromatic carbocycles. The van der Waals surface area contributed by atoms with Crippen LogP contribution in [0.2, 0.25) is 0 Å². The summed E-state index contributed by atoms with van der Waals surface area (Å²) >= 11 is 0. The molecule has 0 saturated carbocycles. The molecule has 27 heavy (non-hydrogen) atoms. The molecule has 3 N–H and O–H groups in total. The van der Waals surface area contributed by atoms with Crippen LogP contribution in [0.1, 0.15) is 42.6 Å². The van der Waals surface area contributed by atoms with Crippen LogP contribution in [-0.2, 0) is 15.8 Å². The lowest BCUT2D eigenvalue weighted by Gasteiger charge is -2.14. The van der Waals surface area contributed by atoms with Crippen molar-refractivity contribution in [2.24, 2.45) is 5.73 Å². The van der Waals surface area contributed by atoms with Crippen LogP contribution in [0.3, 0.4) is 0 Å². The molecule has 1 unspecified atom stereocenters. The highest BCUT2D eigenvalue weighted by Crippen LogP contribution is 2.20. The molecule has 0 aliphatic carbocycles. The molecule has 1 aromatic heterocycles. The van der Waals surface area contributed by atoms with E-state index in [4.69, 9.17) is 10.3 Å². The summed E-state index contributed by atoms with van der Waals surface area (Å²) in [7, 11) is -3.57. The van der Waals surface area contributed by atoms with Crippen molar-refractivity contribution in [3.05, 3.63) is 65.4 Å². The van der Waals surface area contributed by atoms with E-state index in [1.807, 2.05) is 36.4 Å². The molecule has 0 aliphatic rings. The molecule has 1 heterocycles. The van der Waals surface area contributed by atoms with Crippen LogP contribution in [-0.4, -0.2) is 20.1 Å². The fraction of sp³-hybridized carbons (Fsp3) is 0.316. The molecule has 0 bridgehead atoms. The van der Waals surface area contributed by atoms with Crippen molar-refractivity contribution in [2.75, 3.05) is 6.54 Å². The molecule has 0 radical (unpaired) electrons. The number of fused-ring (bicyclic) bond motifs is 1. The number of hydrogen-bond acceptors (Lipinski definition) is 5. The monoisotopic (exact) mass is 409 g/mol. The van der Waals surface area contributed by atoms with E-state index in [0.29, 0.717) is 22.6 Å². The lowest BCUT2D eigenvalue weighted by atomic mass is 9.99. The van der Waals surface area contributed by atoms with Gasteiger partial charge in [0.2, 0.25) is 10.0 Å². The third-order valence-corrected chi connectivity index (χ3v) is 5.59. The van der Waals surface area contributed by atoms with Gasteiger partial charge in [-0.05, 0) is 29.2 Å². The second-order valence-corrected chi connectivity index (χ2v) is 8.47. The van der Waals surface area contributed by atoms with Gasteiger partial charge in [-0.1, -0.05) is 55.4 Å². The molecule has 0 amide bonds. The first-order chi connectivity index (χ1) is 12.4. The minimum Gasteiger partial charge on any atom is -0.356 e. The molecule has 8 heteroatoms. The molecule has 0 fully saturated rings. The molecule has 0 aliphatic heterocycles. The van der Waals surface area contributed by atoms with Gasteiger partial charge in [0.25, 0.3) is 0 Å². The summed E-state index contributed by atoms with van der Waals surface area (Å²) in [4.78, 5) is 0. The van der Waals surface area contributed by atoms with Crippen molar-refractivity contribution < 1.29 is 12.9 Å². The summed E-state index contributed by atoms with van der Waals surface area (Å²) in [6.07, 6.45) is 0. The molecule has 0 spiro atoms. The molecular formula is C19H24ClN3O3S. The fourth-order valence-electron chi connectivity index (χ4n) is 2.74. The summed E-state index contributed by atoms with van der Waals surface area (Å²) in [5.74, 6) is 0.194. The largest absolute Gasteiger partial charge is 0.356 e. The molecule has 146 valence electrons. The Hall–Kier alpha value is -1.93. The zero-order chi connectivity index (χ0) is 18.7. The normalized spacial score (nSPS) is 12.9. The maximum absolute atomic E-state index is 12.4. The van der Waals surface area contributed by atoms with Gasteiger partial charge >= 0.3 is 0 Å². The van der Waals surface area contributed by atoms with Crippen molar-refractivity contribution in [2.45, 2.75) is 31.6 Å². The first-order valence-electron chi connectivity index (χ1n) is 8.52. The number of benzene rings is 2. The standard InChI is InChI=1S/C19H23N3O3S.ClH/c1-13(2)14-7-9-15(10-8-14)17(20)11-21-26(23,24)12-18-16-5-3-4-6-19(16)25-22-18;/h3-10,13,17,21H,11-12,20H2,1-2H3;1H. The van der Waals surface area contributed by atoms with E-state index in [2.05, 4.69) is 23.7 Å². The van der Waals surface area contributed by atoms with Crippen molar-refractivity contribution in [3.8, 4) is 0 Å². The van der Waals surface area contributed by atoms with E-state index in [1.54, 1.807) is 12.1 Å². The van der Waals surface area contributed by atoms with E-state index >= 15 is 0 Å². The topological polar surface area (TPSA) is 98.2 Å². The van der Waals surface area contributed by atoms with Gasteiger partial charge in [0.05, 0.1) is 0 Å². The average Bonchev–Trinajstić information content (AvgIpc) is 3.02. The number of rotatable bonds is 7. The average molecular weight is 410 g/mol. The Morgan fingerprint density at radius 1 is 1.07 bits per heavy atom. The van der Waals surface area contributed by atoms with Gasteiger partial charge in [0.15, 0.2) is 5.58 Å². The quantitative estimate of drug-likeness (QED) is 0.622. The molecular weight excluding hydrogens is 386 g/mol. The van der Waals surface area contributed by atoms with E-state index < -0.39 is 16.1 Å². The highest BCUT2D eigenvalue weighted by Gasteiger charge is 2.18. The maximum Gasteiger partial charge on any atom is 0.217 e. The fourth-order valence-corrected chi connectivity index (χ4v) is 3.84. The number of nitrogens with zero attached hydrogens (tertiary/aromatic N) is 1. The predicted octanol–water partition coefficient (Wildman–Crippen LogP) is 3.49. The Kier molecular flexibility index (Phi) is 7.00. The summed E-state index contributed by atoms with van der Waals surface area (Å²) in [6.45, 7) is 4.37. The Morgan fingerprint density at radius 3 is 2.37 bits per heavy atom. The number of aromatic nitrogens is 1. The van der Waals surface area contributed by atoms with Crippen LogP contribution in [0.4, 0.5) is 0 Å². The smallest absolute Gasteiger partial charge is 0.217 e. The van der Waals surface area contributed by atoms with Crippen LogP contribution in [0.5, 0.6) is 0 Å². The van der Waals surface area contributed by atoms with Gasteiger partial charge in [-0.15, -0.1) is 12.4 Å². The second kappa shape index (κ2) is 8.84. The summed E-state index contributed by atoms with van der Waals surface area (Å²) in [5, 5.41) is 4.57. The number of sulfonamides is 1. The Balaban J connectivity index is 0.00000261. The van der Waals surface area contributed by atoms with Crippen molar-refractivity contribution >= 4 is 33.4 Å². The predicted molar refractivity (Wildman–Crippen MR) is 109 cm³/mol. The van der Waals surface area contributed by atoms with Gasteiger partial charge in [0, 0.05) is 18.0 Å². The Bertz CT molecular complexity index is 985. The van der Waals surface area contributed by atoms with Crippen LogP contribution in [0.15, 0.2) is 53.1 Å². The number of nitrogens with one attached hydrogen (secondary N) is 1. The van der Waals surface area contributed by atoms with Gasteiger partial charge in [-0.25, -0.2) is 13.1 Å². The SMILES string of the molecule is CC(C)c1ccc(C(N)CNS(=O)(=O)Cc2noc3ccccc23)cc1.Cl. The van der Waals surface area contributed by atoms with E-state index in [9.17, 15) is 8.42 Å². The highest BCUT2D eigenvalue weighted by molar-refractivity contribution is 7.88. The first-order valence-corrected chi connectivity index (χ1v) is 10.2. The van der Waals surface area contributed by atoms with Gasteiger partial charge in [0.1, 0.15) is 11.4 Å². The van der Waals surface area contributed by atoms with Gasteiger partial charge in [-0.3, -0.25) is 0 Å². The van der Waals surface area contributed by atoms with Crippen LogP contribution in [0, 0.1) is 0 Å². The van der Waals surface area contributed by atoms with Crippen molar-refractivity contribution in [3.63, 3.8) is 0 Å². The summed E-state index contributed by atoms with van der Waals surface area (Å²) < 4.78 is 32.5. The van der Waals surface area contributed by atoms with Gasteiger partial charge in [-0.2, -0.15) is 0 Å². The first kappa shape index (κ1) is 21.4. The van der Waals surface area contributed by atoms with E-state index in [0.717, 1.165) is 5.56 Å². The third-order valence-electron chi connectivity index (χ3n) is 4.33. The highest BCUT2D eigenvalue weighted by atomic mass is 35.5. The molecule has 3 aromatic rings. The van der Waals surface area contributed by atoms with Crippen LogP contribution in [0.25, 0.3) is 11.0 Å². The maximum atomic E-state index is 12.4. The number of halogens is 1. The lowest BCUT2D eigenvalue weighted by Crippen LogP contribution is -2.32. The number of hydrogen-bond donors (Lipinski definition) is 2. The molecule has 0 saturated heterocycles. The Morgan fingerprint density at radius 2 is 1.70 bits per heavy atom. The van der Waals surface area contributed by atoms with Gasteiger partial charge < -0.3 is 10.3 Å². The minimum absolute atomic E-state index is 0. The lowest BCUT2D eigenvalue weighted by molar-refractivity contribution is 0.448. The number of para-hydroxylation sites is 1. The molecule has 3 rings (SSSR count). The summed E-state index contributed by atoms with van der Waals surface area (Å²) in [5.41, 5.74) is 9.21. The second-order valence-electron chi connectivity index (χ2n) is 6.66. The Labute approximate surface area is 165 Å². The molecule has 1 atom stereocenters. The van der Waals surface area contributed by atoms with E-state index in [-0.39, 0.29) is 24.7 Å². The van der Waals surface area contributed by atoms with Crippen LogP contribution < -0.4 is 10.5 Å². The van der Waals surface area contributed by atoms with E-state index in [1.165, 1.54) is 5.56 Å². The van der Waals surface area contributed by atoms with Crippen molar-refractivity contribution in [1.29, 1.82) is 0 Å². The molecule has 6 nitrogen and oxygen atoms in total. The zero-order valence-electron chi connectivity index (χ0n) is 15.3. The van der Waals surface area contributed by atoms with Crippen molar-refractivity contribution in [1.82, 2.24) is 9.88 Å². The summed E-state index contributed by atoms with van der Waals surface area (Å²) in [6, 6.07) is 14.7. The number of nitrogens with two attached hydrogens (primary N) is 1. The zero-order valence-corrected chi connectivity index (χ0v) is 16.9. The minimum atomic E-state index is -3.57. The van der Waals surface area contributed by atoms with Crippen LogP contribution >= 0.6 is 12.4 Å². The third kappa shape index (κ3) is 5.29.